The molecule has 17 heavy (non-hydrogen) atoms. The molecule has 0 amide bonds. The van der Waals surface area contributed by atoms with Crippen LogP contribution in [0.5, 0.6) is 0 Å². The van der Waals surface area contributed by atoms with Crippen molar-refractivity contribution >= 4 is 11.8 Å². The molecule has 0 atom stereocenters. The van der Waals surface area contributed by atoms with Gasteiger partial charge < -0.3 is 0 Å². The van der Waals surface area contributed by atoms with Crippen LogP contribution in [0.25, 0.3) is 0 Å². The molecule has 1 nitrogen and oxygen atoms in total. The molecule has 4 heteroatoms. The molecular formula is C13H7F2NS. The van der Waals surface area contributed by atoms with Gasteiger partial charge in [0.2, 0.25) is 0 Å². The average Bonchev–Trinajstić information content (AvgIpc) is 2.31. The number of hydrogen-bond acceptors (Lipinski definition) is 2. The summed E-state index contributed by atoms with van der Waals surface area (Å²) in [5.41, 5.74) is 0.226. The molecule has 0 aromatic heterocycles. The third-order valence-electron chi connectivity index (χ3n) is 2.06. The molecule has 0 saturated carbocycles. The van der Waals surface area contributed by atoms with Crippen LogP contribution in [-0.4, -0.2) is 0 Å². The minimum atomic E-state index is -0.497. The first-order valence-corrected chi connectivity index (χ1v) is 5.64. The van der Waals surface area contributed by atoms with Gasteiger partial charge >= 0.3 is 0 Å². The van der Waals surface area contributed by atoms with Gasteiger partial charge in [0.05, 0.1) is 11.6 Å². The van der Waals surface area contributed by atoms with Crippen molar-refractivity contribution in [3.63, 3.8) is 0 Å². The average molecular weight is 247 g/mol. The van der Waals surface area contributed by atoms with Crippen molar-refractivity contribution in [1.29, 1.82) is 5.26 Å². The van der Waals surface area contributed by atoms with Crippen molar-refractivity contribution in [2.45, 2.75) is 9.79 Å². The molecule has 0 N–H and O–H groups in total. The summed E-state index contributed by atoms with van der Waals surface area (Å²) in [6, 6.07) is 12.1. The van der Waals surface area contributed by atoms with Gasteiger partial charge in [0.15, 0.2) is 0 Å². The lowest BCUT2D eigenvalue weighted by Crippen LogP contribution is -1.84. The molecule has 2 aromatic rings. The molecule has 0 spiro atoms. The molecule has 0 unspecified atom stereocenters. The Morgan fingerprint density at radius 1 is 1.06 bits per heavy atom. The summed E-state index contributed by atoms with van der Waals surface area (Å²) in [6.45, 7) is 0. The SMILES string of the molecule is N#Cc1cc(F)cc(Sc2ccccc2F)c1. The van der Waals surface area contributed by atoms with Crippen molar-refractivity contribution in [3.05, 3.63) is 59.7 Å². The molecule has 2 rings (SSSR count). The highest BCUT2D eigenvalue weighted by molar-refractivity contribution is 7.99. The van der Waals surface area contributed by atoms with E-state index in [1.165, 1.54) is 18.2 Å². The van der Waals surface area contributed by atoms with E-state index >= 15 is 0 Å². The number of hydrogen-bond donors (Lipinski definition) is 0. The second-order valence-corrected chi connectivity index (χ2v) is 4.44. The maximum Gasteiger partial charge on any atom is 0.137 e. The molecule has 0 bridgehead atoms. The molecule has 2 aromatic carbocycles. The predicted octanol–water partition coefficient (Wildman–Crippen LogP) is 3.99. The maximum atomic E-state index is 13.4. The largest absolute Gasteiger partial charge is 0.207 e. The monoisotopic (exact) mass is 247 g/mol. The van der Waals surface area contributed by atoms with Gasteiger partial charge in [-0.15, -0.1) is 0 Å². The zero-order valence-corrected chi connectivity index (χ0v) is 9.47. The van der Waals surface area contributed by atoms with Gasteiger partial charge in [-0.05, 0) is 30.3 Å². The standard InChI is InChI=1S/C13H7F2NS/c14-10-5-9(8-16)6-11(7-10)17-13-4-2-1-3-12(13)15/h1-7H. The van der Waals surface area contributed by atoms with Gasteiger partial charge in [0, 0.05) is 9.79 Å². The summed E-state index contributed by atoms with van der Waals surface area (Å²) < 4.78 is 26.5. The van der Waals surface area contributed by atoms with Crippen LogP contribution in [-0.2, 0) is 0 Å². The first-order valence-electron chi connectivity index (χ1n) is 4.82. The van der Waals surface area contributed by atoms with E-state index in [0.717, 1.165) is 17.8 Å². The number of benzene rings is 2. The Labute approximate surface area is 102 Å². The highest BCUT2D eigenvalue weighted by Gasteiger charge is 2.06. The fraction of sp³-hybridized carbons (Fsp3) is 0. The third kappa shape index (κ3) is 2.83. The zero-order chi connectivity index (χ0) is 12.3. The lowest BCUT2D eigenvalue weighted by atomic mass is 10.2. The number of rotatable bonds is 2. The van der Waals surface area contributed by atoms with E-state index in [4.69, 9.17) is 5.26 Å². The first-order chi connectivity index (χ1) is 8.19. The second-order valence-electron chi connectivity index (χ2n) is 3.32. The predicted molar refractivity (Wildman–Crippen MR) is 61.6 cm³/mol. The van der Waals surface area contributed by atoms with Crippen LogP contribution in [0.1, 0.15) is 5.56 Å². The minimum Gasteiger partial charge on any atom is -0.207 e. The van der Waals surface area contributed by atoms with Crippen LogP contribution in [0.2, 0.25) is 0 Å². The summed E-state index contributed by atoms with van der Waals surface area (Å²) in [6.07, 6.45) is 0. The van der Waals surface area contributed by atoms with Crippen molar-refractivity contribution in [2.24, 2.45) is 0 Å². The van der Waals surface area contributed by atoms with Gasteiger partial charge in [-0.1, -0.05) is 23.9 Å². The Hall–Kier alpha value is -1.86. The van der Waals surface area contributed by atoms with E-state index in [1.807, 2.05) is 6.07 Å². The van der Waals surface area contributed by atoms with E-state index in [1.54, 1.807) is 18.2 Å². The van der Waals surface area contributed by atoms with Crippen LogP contribution >= 0.6 is 11.8 Å². The molecule has 0 aliphatic carbocycles. The molecule has 0 aliphatic heterocycles. The van der Waals surface area contributed by atoms with Crippen LogP contribution < -0.4 is 0 Å². The van der Waals surface area contributed by atoms with E-state index in [-0.39, 0.29) is 11.4 Å². The lowest BCUT2D eigenvalue weighted by Gasteiger charge is -2.03. The molecule has 0 fully saturated rings. The third-order valence-corrected chi connectivity index (χ3v) is 3.09. The van der Waals surface area contributed by atoms with Gasteiger partial charge in [0.1, 0.15) is 11.6 Å². The molecule has 0 aliphatic rings. The summed E-state index contributed by atoms with van der Waals surface area (Å²) >= 11 is 1.09. The first kappa shape index (κ1) is 11.6. The quantitative estimate of drug-likeness (QED) is 0.801. The smallest absolute Gasteiger partial charge is 0.137 e. The van der Waals surface area contributed by atoms with Crippen LogP contribution in [0.15, 0.2) is 52.3 Å². The Balaban J connectivity index is 2.34. The van der Waals surface area contributed by atoms with Crippen molar-refractivity contribution < 1.29 is 8.78 Å². The normalized spacial score (nSPS) is 9.94. The van der Waals surface area contributed by atoms with E-state index < -0.39 is 5.82 Å². The summed E-state index contributed by atoms with van der Waals surface area (Å²) in [4.78, 5) is 0.911. The zero-order valence-electron chi connectivity index (χ0n) is 8.65. The highest BCUT2D eigenvalue weighted by Crippen LogP contribution is 2.30. The number of nitriles is 1. The van der Waals surface area contributed by atoms with E-state index in [0.29, 0.717) is 9.79 Å². The Morgan fingerprint density at radius 2 is 1.82 bits per heavy atom. The summed E-state index contributed by atoms with van der Waals surface area (Å²) in [5, 5.41) is 8.71. The number of halogens is 2. The minimum absolute atomic E-state index is 0.226. The van der Waals surface area contributed by atoms with Crippen molar-refractivity contribution in [3.8, 4) is 6.07 Å². The fourth-order valence-electron chi connectivity index (χ4n) is 1.34. The van der Waals surface area contributed by atoms with E-state index in [9.17, 15) is 8.78 Å². The van der Waals surface area contributed by atoms with Crippen molar-refractivity contribution in [1.82, 2.24) is 0 Å². The summed E-state index contributed by atoms with van der Waals surface area (Å²) in [5.74, 6) is -0.858. The van der Waals surface area contributed by atoms with Gasteiger partial charge in [-0.3, -0.25) is 0 Å². The van der Waals surface area contributed by atoms with Crippen molar-refractivity contribution in [2.75, 3.05) is 0 Å². The fourth-order valence-corrected chi connectivity index (χ4v) is 2.26. The molecule has 0 radical (unpaired) electrons. The maximum absolute atomic E-state index is 13.4. The summed E-state index contributed by atoms with van der Waals surface area (Å²) in [7, 11) is 0. The molecule has 84 valence electrons. The van der Waals surface area contributed by atoms with Crippen LogP contribution in [0, 0.1) is 23.0 Å². The number of nitrogens with zero attached hydrogens (tertiary/aromatic N) is 1. The molecule has 0 saturated heterocycles. The topological polar surface area (TPSA) is 23.8 Å². The van der Waals surface area contributed by atoms with Gasteiger partial charge in [0.25, 0.3) is 0 Å². The van der Waals surface area contributed by atoms with Gasteiger partial charge in [-0.2, -0.15) is 5.26 Å². The Kier molecular flexibility index (Phi) is 3.40. The highest BCUT2D eigenvalue weighted by atomic mass is 32.2. The van der Waals surface area contributed by atoms with Crippen LogP contribution in [0.4, 0.5) is 8.78 Å². The second kappa shape index (κ2) is 4.98. The van der Waals surface area contributed by atoms with Gasteiger partial charge in [-0.25, -0.2) is 8.78 Å². The Morgan fingerprint density at radius 3 is 2.53 bits per heavy atom. The van der Waals surface area contributed by atoms with E-state index in [2.05, 4.69) is 0 Å². The molecular weight excluding hydrogens is 240 g/mol. The lowest BCUT2D eigenvalue weighted by molar-refractivity contribution is 0.601. The molecule has 0 heterocycles. The van der Waals surface area contributed by atoms with Crippen LogP contribution in [0.3, 0.4) is 0 Å². The Bertz CT molecular complexity index is 590.